The number of ether oxygens (including phenoxy) is 1. The molecule has 132 valence electrons. The normalized spacial score (nSPS) is 11.5. The van der Waals surface area contributed by atoms with Crippen LogP contribution in [0.3, 0.4) is 0 Å². The highest BCUT2D eigenvalue weighted by Gasteiger charge is 2.17. The number of nitrogens with one attached hydrogen (secondary N) is 2. The van der Waals surface area contributed by atoms with Gasteiger partial charge in [0.15, 0.2) is 17.7 Å². The monoisotopic (exact) mass is 344 g/mol. The lowest BCUT2D eigenvalue weighted by molar-refractivity contribution is -0.132. The van der Waals surface area contributed by atoms with E-state index in [0.29, 0.717) is 0 Å². The number of carbonyl (C=O) groups excluding carboxylic acids is 2. The Morgan fingerprint density at radius 1 is 1.08 bits per heavy atom. The quantitative estimate of drug-likeness (QED) is 0.820. The highest BCUT2D eigenvalue weighted by atomic mass is 19.1. The standard InChI is InChI=1S/C19H21FN2O3/c1-12-8-9-15(10-13(12)2)11-18(23)21-22-19(24)14(3)25-17-7-5-4-6-16(17)20/h4-10,14H,11H2,1-3H3,(H,21,23)(H,22,24)/t14-/m0/s1. The van der Waals surface area contributed by atoms with Gasteiger partial charge in [-0.3, -0.25) is 20.4 Å². The van der Waals surface area contributed by atoms with Crippen molar-refractivity contribution < 1.29 is 18.7 Å². The average Bonchev–Trinajstić information content (AvgIpc) is 2.58. The topological polar surface area (TPSA) is 67.4 Å². The van der Waals surface area contributed by atoms with Crippen LogP contribution >= 0.6 is 0 Å². The van der Waals surface area contributed by atoms with Crippen LogP contribution in [0.25, 0.3) is 0 Å². The van der Waals surface area contributed by atoms with Crippen molar-refractivity contribution in [1.82, 2.24) is 10.9 Å². The summed E-state index contributed by atoms with van der Waals surface area (Å²) in [6.07, 6.45) is -0.817. The van der Waals surface area contributed by atoms with E-state index in [2.05, 4.69) is 10.9 Å². The average molecular weight is 344 g/mol. The fourth-order valence-corrected chi connectivity index (χ4v) is 2.16. The number of amides is 2. The molecule has 0 aliphatic carbocycles. The Bertz CT molecular complexity index is 777. The first kappa shape index (κ1) is 18.4. The van der Waals surface area contributed by atoms with Crippen LogP contribution < -0.4 is 15.6 Å². The molecule has 0 saturated carbocycles. The number of para-hydroxylation sites is 1. The lowest BCUT2D eigenvalue weighted by atomic mass is 10.0. The molecule has 0 aromatic heterocycles. The van der Waals surface area contributed by atoms with Gasteiger partial charge in [0.05, 0.1) is 6.42 Å². The summed E-state index contributed by atoms with van der Waals surface area (Å²) in [5, 5.41) is 0. The van der Waals surface area contributed by atoms with Crippen molar-refractivity contribution in [2.45, 2.75) is 33.3 Å². The van der Waals surface area contributed by atoms with Crippen LogP contribution in [0.15, 0.2) is 42.5 Å². The summed E-state index contributed by atoms with van der Waals surface area (Å²) >= 11 is 0. The Labute approximate surface area is 146 Å². The molecule has 2 aromatic rings. The molecule has 2 aromatic carbocycles. The van der Waals surface area contributed by atoms with Gasteiger partial charge in [-0.05, 0) is 49.6 Å². The zero-order chi connectivity index (χ0) is 18.4. The van der Waals surface area contributed by atoms with Crippen molar-refractivity contribution >= 4 is 11.8 Å². The van der Waals surface area contributed by atoms with Crippen LogP contribution in [0, 0.1) is 19.7 Å². The van der Waals surface area contributed by atoms with Gasteiger partial charge < -0.3 is 4.74 Å². The predicted octanol–water partition coefficient (Wildman–Crippen LogP) is 2.60. The maximum atomic E-state index is 13.5. The number of aryl methyl sites for hydroxylation is 2. The molecular formula is C19H21FN2O3. The molecule has 0 aliphatic heterocycles. The SMILES string of the molecule is Cc1ccc(CC(=O)NNC(=O)[C@H](C)Oc2ccccc2F)cc1C. The summed E-state index contributed by atoms with van der Waals surface area (Å²) in [6, 6.07) is 11.5. The highest BCUT2D eigenvalue weighted by molar-refractivity contribution is 5.85. The molecule has 2 rings (SSSR count). The lowest BCUT2D eigenvalue weighted by Gasteiger charge is -2.15. The Balaban J connectivity index is 1.83. The Kier molecular flexibility index (Phi) is 6.11. The smallest absolute Gasteiger partial charge is 0.279 e. The minimum atomic E-state index is -0.959. The summed E-state index contributed by atoms with van der Waals surface area (Å²) in [6.45, 7) is 5.44. The van der Waals surface area contributed by atoms with Gasteiger partial charge in [-0.1, -0.05) is 30.3 Å². The molecule has 0 aliphatic rings. The molecule has 2 N–H and O–H groups in total. The van der Waals surface area contributed by atoms with Crippen molar-refractivity contribution in [2.24, 2.45) is 0 Å². The Morgan fingerprint density at radius 3 is 2.48 bits per heavy atom. The van der Waals surface area contributed by atoms with Gasteiger partial charge in [0, 0.05) is 0 Å². The third-order valence-corrected chi connectivity index (χ3v) is 3.77. The summed E-state index contributed by atoms with van der Waals surface area (Å²) in [4.78, 5) is 23.9. The first-order chi connectivity index (χ1) is 11.9. The number of hydrogen-bond donors (Lipinski definition) is 2. The Hall–Kier alpha value is -2.89. The van der Waals surface area contributed by atoms with E-state index in [-0.39, 0.29) is 18.1 Å². The fourth-order valence-electron chi connectivity index (χ4n) is 2.16. The summed E-state index contributed by atoms with van der Waals surface area (Å²) in [7, 11) is 0. The first-order valence-electron chi connectivity index (χ1n) is 7.93. The first-order valence-corrected chi connectivity index (χ1v) is 7.93. The molecule has 0 heterocycles. The van der Waals surface area contributed by atoms with Crippen molar-refractivity contribution in [1.29, 1.82) is 0 Å². The van der Waals surface area contributed by atoms with Crippen molar-refractivity contribution in [2.75, 3.05) is 0 Å². The maximum absolute atomic E-state index is 13.5. The maximum Gasteiger partial charge on any atom is 0.279 e. The number of halogens is 1. The second-order valence-electron chi connectivity index (χ2n) is 5.82. The highest BCUT2D eigenvalue weighted by Crippen LogP contribution is 2.16. The van der Waals surface area contributed by atoms with Crippen LogP contribution in [0.5, 0.6) is 5.75 Å². The molecule has 2 amide bonds. The zero-order valence-corrected chi connectivity index (χ0v) is 14.4. The molecule has 1 atom stereocenters. The lowest BCUT2D eigenvalue weighted by Crippen LogP contribution is -2.47. The van der Waals surface area contributed by atoms with E-state index < -0.39 is 17.8 Å². The molecule has 0 bridgehead atoms. The molecule has 25 heavy (non-hydrogen) atoms. The number of hydrogen-bond acceptors (Lipinski definition) is 3. The van der Waals surface area contributed by atoms with E-state index in [1.807, 2.05) is 32.0 Å². The van der Waals surface area contributed by atoms with Crippen LogP contribution in [0.2, 0.25) is 0 Å². The molecular weight excluding hydrogens is 323 g/mol. The van der Waals surface area contributed by atoms with Crippen LogP contribution in [0.4, 0.5) is 4.39 Å². The van der Waals surface area contributed by atoms with Gasteiger partial charge in [0.25, 0.3) is 5.91 Å². The van der Waals surface area contributed by atoms with E-state index in [9.17, 15) is 14.0 Å². The summed E-state index contributed by atoms with van der Waals surface area (Å²) in [5.41, 5.74) is 7.72. The third kappa shape index (κ3) is 5.31. The largest absolute Gasteiger partial charge is 0.478 e. The van der Waals surface area contributed by atoms with Gasteiger partial charge in [-0.2, -0.15) is 0 Å². The molecule has 0 saturated heterocycles. The van der Waals surface area contributed by atoms with Gasteiger partial charge >= 0.3 is 0 Å². The number of benzene rings is 2. The summed E-state index contributed by atoms with van der Waals surface area (Å²) < 4.78 is 18.8. The fraction of sp³-hybridized carbons (Fsp3) is 0.263. The van der Waals surface area contributed by atoms with Gasteiger partial charge in [-0.25, -0.2) is 4.39 Å². The van der Waals surface area contributed by atoms with E-state index in [1.54, 1.807) is 6.07 Å². The molecule has 0 unspecified atom stereocenters. The van der Waals surface area contributed by atoms with E-state index in [0.717, 1.165) is 16.7 Å². The summed E-state index contributed by atoms with van der Waals surface area (Å²) in [5.74, 6) is -1.50. The van der Waals surface area contributed by atoms with Crippen molar-refractivity contribution in [3.8, 4) is 5.75 Å². The number of rotatable bonds is 5. The van der Waals surface area contributed by atoms with E-state index in [4.69, 9.17) is 4.74 Å². The molecule has 0 spiro atoms. The molecule has 5 nitrogen and oxygen atoms in total. The van der Waals surface area contributed by atoms with Gasteiger partial charge in [-0.15, -0.1) is 0 Å². The van der Waals surface area contributed by atoms with Gasteiger partial charge in [0.2, 0.25) is 5.91 Å². The third-order valence-electron chi connectivity index (χ3n) is 3.77. The predicted molar refractivity (Wildman–Crippen MR) is 92.4 cm³/mol. The zero-order valence-electron chi connectivity index (χ0n) is 14.4. The van der Waals surface area contributed by atoms with Gasteiger partial charge in [0.1, 0.15) is 0 Å². The van der Waals surface area contributed by atoms with Crippen LogP contribution in [-0.4, -0.2) is 17.9 Å². The van der Waals surface area contributed by atoms with Crippen molar-refractivity contribution in [3.05, 3.63) is 65.0 Å². The number of hydrazine groups is 1. The molecule has 0 fully saturated rings. The molecule has 0 radical (unpaired) electrons. The second kappa shape index (κ2) is 8.28. The van der Waals surface area contributed by atoms with E-state index in [1.165, 1.54) is 25.1 Å². The second-order valence-corrected chi connectivity index (χ2v) is 5.82. The van der Waals surface area contributed by atoms with E-state index >= 15 is 0 Å². The van der Waals surface area contributed by atoms with Crippen LogP contribution in [0.1, 0.15) is 23.6 Å². The Morgan fingerprint density at radius 2 is 1.80 bits per heavy atom. The number of carbonyl (C=O) groups is 2. The minimum Gasteiger partial charge on any atom is -0.478 e. The minimum absolute atomic E-state index is 0.0217. The van der Waals surface area contributed by atoms with Crippen LogP contribution in [-0.2, 0) is 16.0 Å². The molecule has 6 heteroatoms. The van der Waals surface area contributed by atoms with Crippen molar-refractivity contribution in [3.63, 3.8) is 0 Å².